The number of thiophene rings is 1. The van der Waals surface area contributed by atoms with Crippen molar-refractivity contribution in [1.82, 2.24) is 0 Å². The highest BCUT2D eigenvalue weighted by Gasteiger charge is 2.17. The molecule has 1 unspecified atom stereocenters. The molecule has 2 N–H and O–H groups in total. The topological polar surface area (TPSA) is 49.3 Å². The summed E-state index contributed by atoms with van der Waals surface area (Å²) in [6, 6.07) is 9.19. The number of rotatable bonds is 5. The number of halogens is 1. The SMILES string of the molecule is CCC(Nc1cccc(Cl)c1C(=O)O)c1cccs1. The van der Waals surface area contributed by atoms with Crippen LogP contribution in [0.3, 0.4) is 0 Å². The number of nitrogens with one attached hydrogen (secondary N) is 1. The molecule has 1 aromatic carbocycles. The highest BCUT2D eigenvalue weighted by Crippen LogP contribution is 2.30. The van der Waals surface area contributed by atoms with E-state index in [0.717, 1.165) is 6.42 Å². The summed E-state index contributed by atoms with van der Waals surface area (Å²) in [6.45, 7) is 2.06. The first-order valence-electron chi connectivity index (χ1n) is 5.95. The molecule has 0 saturated carbocycles. The molecule has 1 atom stereocenters. The van der Waals surface area contributed by atoms with Crippen molar-refractivity contribution in [3.8, 4) is 0 Å². The van der Waals surface area contributed by atoms with Gasteiger partial charge in [0, 0.05) is 4.88 Å². The van der Waals surface area contributed by atoms with Gasteiger partial charge in [-0.1, -0.05) is 30.7 Å². The van der Waals surface area contributed by atoms with E-state index in [4.69, 9.17) is 11.6 Å². The van der Waals surface area contributed by atoms with Crippen LogP contribution in [0.2, 0.25) is 5.02 Å². The Morgan fingerprint density at radius 3 is 2.79 bits per heavy atom. The van der Waals surface area contributed by atoms with Crippen LogP contribution in [-0.2, 0) is 0 Å². The van der Waals surface area contributed by atoms with Crippen molar-refractivity contribution < 1.29 is 9.90 Å². The predicted octanol–water partition coefficient (Wildman–Crippen LogP) is 4.66. The zero-order chi connectivity index (χ0) is 13.8. The van der Waals surface area contributed by atoms with Crippen LogP contribution in [0, 0.1) is 0 Å². The van der Waals surface area contributed by atoms with Gasteiger partial charge in [-0.2, -0.15) is 0 Å². The molecule has 1 heterocycles. The minimum absolute atomic E-state index is 0.0940. The maximum atomic E-state index is 11.3. The van der Waals surface area contributed by atoms with Gasteiger partial charge in [0.05, 0.1) is 16.8 Å². The van der Waals surface area contributed by atoms with Crippen molar-refractivity contribution in [2.45, 2.75) is 19.4 Å². The van der Waals surface area contributed by atoms with Crippen LogP contribution < -0.4 is 5.32 Å². The van der Waals surface area contributed by atoms with Crippen LogP contribution in [0.5, 0.6) is 0 Å². The van der Waals surface area contributed by atoms with Gasteiger partial charge in [-0.3, -0.25) is 0 Å². The molecule has 0 saturated heterocycles. The molecule has 0 spiro atoms. The average molecular weight is 296 g/mol. The minimum Gasteiger partial charge on any atom is -0.478 e. The number of aromatic carboxylic acids is 1. The molecule has 100 valence electrons. The van der Waals surface area contributed by atoms with E-state index in [0.29, 0.717) is 5.69 Å². The second kappa shape index (κ2) is 6.08. The van der Waals surface area contributed by atoms with Gasteiger partial charge >= 0.3 is 5.97 Å². The lowest BCUT2D eigenvalue weighted by Gasteiger charge is -2.18. The van der Waals surface area contributed by atoms with Crippen molar-refractivity contribution in [1.29, 1.82) is 0 Å². The van der Waals surface area contributed by atoms with E-state index in [1.54, 1.807) is 29.5 Å². The Morgan fingerprint density at radius 2 is 2.21 bits per heavy atom. The molecule has 2 aromatic rings. The fourth-order valence-corrected chi connectivity index (χ4v) is 3.03. The van der Waals surface area contributed by atoms with Crippen LogP contribution in [0.4, 0.5) is 5.69 Å². The van der Waals surface area contributed by atoms with Crippen molar-refractivity contribution in [3.05, 3.63) is 51.2 Å². The summed E-state index contributed by atoms with van der Waals surface area (Å²) in [5, 5.41) is 14.8. The predicted molar refractivity (Wildman–Crippen MR) is 79.4 cm³/mol. The maximum Gasteiger partial charge on any atom is 0.339 e. The van der Waals surface area contributed by atoms with Crippen LogP contribution in [0.1, 0.15) is 34.6 Å². The van der Waals surface area contributed by atoms with E-state index in [2.05, 4.69) is 12.2 Å². The Balaban J connectivity index is 2.32. The smallest absolute Gasteiger partial charge is 0.339 e. The molecule has 0 amide bonds. The largest absolute Gasteiger partial charge is 0.478 e. The number of carboxylic acids is 1. The molecule has 0 bridgehead atoms. The summed E-state index contributed by atoms with van der Waals surface area (Å²) < 4.78 is 0. The lowest BCUT2D eigenvalue weighted by atomic mass is 10.1. The third kappa shape index (κ3) is 3.08. The molecule has 5 heteroatoms. The molecule has 2 rings (SSSR count). The summed E-state index contributed by atoms with van der Waals surface area (Å²) in [5.41, 5.74) is 0.680. The standard InChI is InChI=1S/C14H14ClNO2S/c1-2-10(12-7-4-8-19-12)16-11-6-3-5-9(15)13(11)14(17)18/h3-8,10,16H,2H2,1H3,(H,17,18). The first kappa shape index (κ1) is 13.9. The third-order valence-electron chi connectivity index (χ3n) is 2.85. The summed E-state index contributed by atoms with van der Waals surface area (Å²) in [4.78, 5) is 12.5. The van der Waals surface area contributed by atoms with Crippen LogP contribution in [0.15, 0.2) is 35.7 Å². The van der Waals surface area contributed by atoms with Gasteiger partial charge in [-0.25, -0.2) is 4.79 Å². The number of carbonyl (C=O) groups is 1. The van der Waals surface area contributed by atoms with Gasteiger partial charge in [0.2, 0.25) is 0 Å². The molecule has 0 aliphatic carbocycles. The van der Waals surface area contributed by atoms with Crippen LogP contribution >= 0.6 is 22.9 Å². The Hall–Kier alpha value is -1.52. The molecule has 19 heavy (non-hydrogen) atoms. The molecule has 0 fully saturated rings. The van der Waals surface area contributed by atoms with Crippen molar-refractivity contribution in [3.63, 3.8) is 0 Å². The van der Waals surface area contributed by atoms with Gasteiger partial charge in [0.25, 0.3) is 0 Å². The summed E-state index contributed by atoms with van der Waals surface area (Å²) in [7, 11) is 0. The van der Waals surface area contributed by atoms with Crippen LogP contribution in [-0.4, -0.2) is 11.1 Å². The van der Waals surface area contributed by atoms with E-state index in [1.807, 2.05) is 17.5 Å². The zero-order valence-electron chi connectivity index (χ0n) is 10.4. The molecule has 3 nitrogen and oxygen atoms in total. The fraction of sp³-hybridized carbons (Fsp3) is 0.214. The van der Waals surface area contributed by atoms with E-state index < -0.39 is 5.97 Å². The van der Waals surface area contributed by atoms with Crippen molar-refractivity contribution in [2.75, 3.05) is 5.32 Å². The lowest BCUT2D eigenvalue weighted by Crippen LogP contribution is -2.12. The fourth-order valence-electron chi connectivity index (χ4n) is 1.91. The minimum atomic E-state index is -1.02. The Labute approximate surface area is 120 Å². The van der Waals surface area contributed by atoms with Gasteiger partial charge in [0.15, 0.2) is 0 Å². The number of carboxylic acid groups (broad SMARTS) is 1. The first-order chi connectivity index (χ1) is 9.13. The first-order valence-corrected chi connectivity index (χ1v) is 7.21. The van der Waals surface area contributed by atoms with E-state index in [1.165, 1.54) is 4.88 Å². The second-order valence-electron chi connectivity index (χ2n) is 4.09. The number of anilines is 1. The molecular weight excluding hydrogens is 282 g/mol. The Morgan fingerprint density at radius 1 is 1.42 bits per heavy atom. The van der Waals surface area contributed by atoms with Crippen LogP contribution in [0.25, 0.3) is 0 Å². The third-order valence-corrected chi connectivity index (χ3v) is 4.15. The lowest BCUT2D eigenvalue weighted by molar-refractivity contribution is 0.0698. The molecular formula is C14H14ClNO2S. The van der Waals surface area contributed by atoms with E-state index in [-0.39, 0.29) is 16.6 Å². The Kier molecular flexibility index (Phi) is 4.45. The number of benzene rings is 1. The highest BCUT2D eigenvalue weighted by atomic mass is 35.5. The zero-order valence-corrected chi connectivity index (χ0v) is 12.0. The summed E-state index contributed by atoms with van der Waals surface area (Å²) in [5.74, 6) is -1.02. The van der Waals surface area contributed by atoms with Gasteiger partial charge in [0.1, 0.15) is 5.56 Å². The van der Waals surface area contributed by atoms with E-state index in [9.17, 15) is 9.90 Å². The average Bonchev–Trinajstić information content (AvgIpc) is 2.89. The number of hydrogen-bond acceptors (Lipinski definition) is 3. The Bertz CT molecular complexity index is 569. The molecule has 0 aliphatic heterocycles. The number of hydrogen-bond donors (Lipinski definition) is 2. The van der Waals surface area contributed by atoms with E-state index >= 15 is 0 Å². The molecule has 0 aliphatic rings. The monoisotopic (exact) mass is 295 g/mol. The normalized spacial score (nSPS) is 12.1. The molecule has 1 aromatic heterocycles. The summed E-state index contributed by atoms with van der Waals surface area (Å²) in [6.07, 6.45) is 0.867. The van der Waals surface area contributed by atoms with Gasteiger partial charge < -0.3 is 10.4 Å². The van der Waals surface area contributed by atoms with Crippen molar-refractivity contribution in [2.24, 2.45) is 0 Å². The quantitative estimate of drug-likeness (QED) is 0.843. The highest BCUT2D eigenvalue weighted by molar-refractivity contribution is 7.10. The maximum absolute atomic E-state index is 11.3. The van der Waals surface area contributed by atoms with Gasteiger partial charge in [-0.05, 0) is 30.0 Å². The van der Waals surface area contributed by atoms with Gasteiger partial charge in [-0.15, -0.1) is 11.3 Å². The molecule has 0 radical (unpaired) electrons. The van der Waals surface area contributed by atoms with Crippen molar-refractivity contribution >= 4 is 34.6 Å². The summed E-state index contributed by atoms with van der Waals surface area (Å²) >= 11 is 7.61. The second-order valence-corrected chi connectivity index (χ2v) is 5.47.